The summed E-state index contributed by atoms with van der Waals surface area (Å²) in [4.78, 5) is 7.16. The van der Waals surface area contributed by atoms with E-state index >= 15 is 0 Å². The summed E-state index contributed by atoms with van der Waals surface area (Å²) in [6.07, 6.45) is 0.921. The van der Waals surface area contributed by atoms with Gasteiger partial charge >= 0.3 is 0 Å². The second-order valence-electron chi connectivity index (χ2n) is 5.56. The van der Waals surface area contributed by atoms with Crippen molar-refractivity contribution in [1.29, 1.82) is 0 Å². The maximum absolute atomic E-state index is 6.23. The summed E-state index contributed by atoms with van der Waals surface area (Å²) in [5.74, 6) is 0. The molecule has 0 fully saturated rings. The summed E-state index contributed by atoms with van der Waals surface area (Å²) in [7, 11) is 2.11. The van der Waals surface area contributed by atoms with Crippen molar-refractivity contribution in [2.24, 2.45) is 10.7 Å². The zero-order valence-corrected chi connectivity index (χ0v) is 13.4. The van der Waals surface area contributed by atoms with E-state index in [9.17, 15) is 0 Å². The van der Waals surface area contributed by atoms with Gasteiger partial charge in [0.15, 0.2) is 0 Å². The first-order valence-electron chi connectivity index (χ1n) is 7.53. The minimum absolute atomic E-state index is 0.311. The van der Waals surface area contributed by atoms with Gasteiger partial charge < -0.3 is 10.6 Å². The number of benzodiazepines with no additional fused rings is 1. The molecule has 0 saturated heterocycles. The molecular formula is C18H20ClN3. The molecule has 2 aromatic carbocycles. The molecule has 0 spiro atoms. The molecule has 114 valence electrons. The first-order valence-corrected chi connectivity index (χ1v) is 7.91. The molecule has 22 heavy (non-hydrogen) atoms. The number of nitrogens with two attached hydrogens (primary N) is 1. The van der Waals surface area contributed by atoms with Crippen LogP contribution in [0.15, 0.2) is 53.5 Å². The lowest BCUT2D eigenvalue weighted by molar-refractivity contribution is 0.601. The molecule has 2 N–H and O–H groups in total. The van der Waals surface area contributed by atoms with E-state index in [0.717, 1.165) is 40.5 Å². The maximum atomic E-state index is 6.23. The van der Waals surface area contributed by atoms with Gasteiger partial charge in [-0.25, -0.2) is 0 Å². The molecule has 2 aromatic rings. The topological polar surface area (TPSA) is 41.6 Å². The molecule has 1 atom stereocenters. The van der Waals surface area contributed by atoms with E-state index in [1.54, 1.807) is 0 Å². The normalized spacial score (nSPS) is 17.7. The monoisotopic (exact) mass is 313 g/mol. The largest absolute Gasteiger partial charge is 0.369 e. The van der Waals surface area contributed by atoms with E-state index < -0.39 is 0 Å². The van der Waals surface area contributed by atoms with Crippen molar-refractivity contribution < 1.29 is 0 Å². The van der Waals surface area contributed by atoms with Gasteiger partial charge in [0.1, 0.15) is 0 Å². The zero-order chi connectivity index (χ0) is 15.5. The fourth-order valence-corrected chi connectivity index (χ4v) is 3.10. The van der Waals surface area contributed by atoms with Crippen molar-refractivity contribution in [2.45, 2.75) is 12.5 Å². The SMILES string of the molecule is CN1c2ccc(Cl)cc2C(c2ccccc2)=NCC1CCN. The molecule has 0 aliphatic carbocycles. The van der Waals surface area contributed by atoms with Crippen LogP contribution in [0.5, 0.6) is 0 Å². The first kappa shape index (κ1) is 15.1. The summed E-state index contributed by atoms with van der Waals surface area (Å²) >= 11 is 6.23. The van der Waals surface area contributed by atoms with Crippen LogP contribution in [0.3, 0.4) is 0 Å². The molecule has 0 amide bonds. The number of hydrogen-bond donors (Lipinski definition) is 1. The van der Waals surface area contributed by atoms with Gasteiger partial charge in [-0.15, -0.1) is 0 Å². The summed E-state index contributed by atoms with van der Waals surface area (Å²) in [6.45, 7) is 1.40. The van der Waals surface area contributed by atoms with Gasteiger partial charge in [0.05, 0.1) is 12.3 Å². The number of aliphatic imine (C=N–C) groups is 1. The van der Waals surface area contributed by atoms with Gasteiger partial charge in [0, 0.05) is 34.9 Å². The predicted molar refractivity (Wildman–Crippen MR) is 94.3 cm³/mol. The Morgan fingerprint density at radius 2 is 2.00 bits per heavy atom. The fraction of sp³-hybridized carbons (Fsp3) is 0.278. The third-order valence-electron chi connectivity index (χ3n) is 4.15. The van der Waals surface area contributed by atoms with Crippen molar-refractivity contribution in [3.8, 4) is 0 Å². The second kappa shape index (κ2) is 6.51. The van der Waals surface area contributed by atoms with Crippen LogP contribution in [-0.4, -0.2) is 31.9 Å². The highest BCUT2D eigenvalue weighted by Crippen LogP contribution is 2.30. The molecule has 1 aliphatic heterocycles. The molecule has 0 aromatic heterocycles. The Morgan fingerprint density at radius 1 is 1.23 bits per heavy atom. The second-order valence-corrected chi connectivity index (χ2v) is 6.00. The van der Waals surface area contributed by atoms with Crippen molar-refractivity contribution in [2.75, 3.05) is 25.0 Å². The van der Waals surface area contributed by atoms with Crippen molar-refractivity contribution in [3.05, 3.63) is 64.7 Å². The number of anilines is 1. The highest BCUT2D eigenvalue weighted by atomic mass is 35.5. The Labute approximate surface area is 136 Å². The van der Waals surface area contributed by atoms with Gasteiger partial charge in [-0.3, -0.25) is 4.99 Å². The van der Waals surface area contributed by atoms with Crippen molar-refractivity contribution >= 4 is 23.0 Å². The molecule has 1 heterocycles. The Balaban J connectivity index is 2.14. The molecule has 3 nitrogen and oxygen atoms in total. The van der Waals surface area contributed by atoms with Gasteiger partial charge in [-0.05, 0) is 31.2 Å². The molecule has 0 bridgehead atoms. The van der Waals surface area contributed by atoms with Crippen LogP contribution in [-0.2, 0) is 0 Å². The average molecular weight is 314 g/mol. The summed E-state index contributed by atoms with van der Waals surface area (Å²) < 4.78 is 0. The highest BCUT2D eigenvalue weighted by molar-refractivity contribution is 6.31. The number of rotatable bonds is 3. The van der Waals surface area contributed by atoms with Crippen molar-refractivity contribution in [3.63, 3.8) is 0 Å². The number of nitrogens with zero attached hydrogens (tertiary/aromatic N) is 2. The Kier molecular flexibility index (Phi) is 4.46. The van der Waals surface area contributed by atoms with Crippen LogP contribution >= 0.6 is 11.6 Å². The Morgan fingerprint density at radius 3 is 2.73 bits per heavy atom. The van der Waals surface area contributed by atoms with Crippen LogP contribution in [0.1, 0.15) is 17.5 Å². The standard InChI is InChI=1S/C18H20ClN3/c1-22-15(9-10-20)12-21-18(13-5-3-2-4-6-13)16-11-14(19)7-8-17(16)22/h2-8,11,15H,9-10,12,20H2,1H3. The summed E-state index contributed by atoms with van der Waals surface area (Å²) in [5, 5.41) is 0.730. The van der Waals surface area contributed by atoms with E-state index in [2.05, 4.69) is 30.1 Å². The lowest BCUT2D eigenvalue weighted by Crippen LogP contribution is -2.35. The van der Waals surface area contributed by atoms with Crippen LogP contribution in [0.2, 0.25) is 5.02 Å². The predicted octanol–water partition coefficient (Wildman–Crippen LogP) is 3.34. The van der Waals surface area contributed by atoms with Crippen LogP contribution < -0.4 is 10.6 Å². The molecule has 3 rings (SSSR count). The molecule has 0 saturated carbocycles. The third kappa shape index (κ3) is 2.87. The lowest BCUT2D eigenvalue weighted by atomic mass is 10.00. The fourth-order valence-electron chi connectivity index (χ4n) is 2.93. The number of fused-ring (bicyclic) bond motifs is 1. The van der Waals surface area contributed by atoms with Gasteiger partial charge in [-0.2, -0.15) is 0 Å². The molecular weight excluding hydrogens is 294 g/mol. The van der Waals surface area contributed by atoms with Crippen LogP contribution in [0.25, 0.3) is 0 Å². The quantitative estimate of drug-likeness (QED) is 0.944. The number of halogens is 1. The minimum Gasteiger partial charge on any atom is -0.369 e. The van der Waals surface area contributed by atoms with Gasteiger partial charge in [0.2, 0.25) is 0 Å². The molecule has 4 heteroatoms. The minimum atomic E-state index is 0.311. The van der Waals surface area contributed by atoms with E-state index in [-0.39, 0.29) is 0 Å². The maximum Gasteiger partial charge on any atom is 0.0741 e. The summed E-state index contributed by atoms with van der Waals surface area (Å²) in [5.41, 5.74) is 10.1. The van der Waals surface area contributed by atoms with Crippen LogP contribution in [0, 0.1) is 0 Å². The molecule has 1 unspecified atom stereocenters. The van der Waals surface area contributed by atoms with E-state index in [1.807, 2.05) is 30.3 Å². The summed E-state index contributed by atoms with van der Waals surface area (Å²) in [6, 6.07) is 16.6. The molecule has 0 radical (unpaired) electrons. The van der Waals surface area contributed by atoms with Crippen LogP contribution in [0.4, 0.5) is 5.69 Å². The van der Waals surface area contributed by atoms with E-state index in [1.165, 1.54) is 0 Å². The Bertz CT molecular complexity index is 682. The number of likely N-dealkylation sites (N-methyl/N-ethyl adjacent to an activating group) is 1. The molecule has 1 aliphatic rings. The van der Waals surface area contributed by atoms with E-state index in [0.29, 0.717) is 12.6 Å². The average Bonchev–Trinajstić information content (AvgIpc) is 2.66. The smallest absolute Gasteiger partial charge is 0.0741 e. The van der Waals surface area contributed by atoms with E-state index in [4.69, 9.17) is 22.3 Å². The van der Waals surface area contributed by atoms with Gasteiger partial charge in [0.25, 0.3) is 0 Å². The van der Waals surface area contributed by atoms with Crippen molar-refractivity contribution in [1.82, 2.24) is 0 Å². The first-order chi connectivity index (χ1) is 10.7. The number of benzene rings is 2. The number of hydrogen-bond acceptors (Lipinski definition) is 3. The zero-order valence-electron chi connectivity index (χ0n) is 12.7. The highest BCUT2D eigenvalue weighted by Gasteiger charge is 2.23. The lowest BCUT2D eigenvalue weighted by Gasteiger charge is -2.28. The third-order valence-corrected chi connectivity index (χ3v) is 4.38. The Hall–Kier alpha value is -1.84. The van der Waals surface area contributed by atoms with Gasteiger partial charge in [-0.1, -0.05) is 41.9 Å².